The third-order valence-corrected chi connectivity index (χ3v) is 6.60. The van der Waals surface area contributed by atoms with Crippen molar-refractivity contribution in [1.82, 2.24) is 9.55 Å². The van der Waals surface area contributed by atoms with Crippen LogP contribution in [0.2, 0.25) is 0 Å². The second-order valence-corrected chi connectivity index (χ2v) is 8.76. The number of carbonyl (C=O) groups is 1. The van der Waals surface area contributed by atoms with Crippen molar-refractivity contribution in [3.05, 3.63) is 88.3 Å². The molecule has 0 saturated heterocycles. The Hall–Kier alpha value is -3.74. The highest BCUT2D eigenvalue weighted by atomic mass is 32.2. The maximum absolute atomic E-state index is 13.3. The van der Waals surface area contributed by atoms with Gasteiger partial charge in [-0.25, -0.2) is 9.37 Å². The maximum atomic E-state index is 13.3. The fourth-order valence-corrected chi connectivity index (χ4v) is 5.00. The number of hydrogen-bond acceptors (Lipinski definition) is 6. The average Bonchev–Trinajstić information content (AvgIpc) is 3.25. The highest BCUT2D eigenvalue weighted by Crippen LogP contribution is 2.32. The first-order chi connectivity index (χ1) is 16.0. The van der Waals surface area contributed by atoms with Crippen molar-refractivity contribution < 1.29 is 9.18 Å². The number of nitriles is 1. The monoisotopic (exact) mass is 476 g/mol. The van der Waals surface area contributed by atoms with Gasteiger partial charge in [0.2, 0.25) is 5.91 Å². The highest BCUT2D eigenvalue weighted by molar-refractivity contribution is 7.99. The third kappa shape index (κ3) is 4.87. The summed E-state index contributed by atoms with van der Waals surface area (Å²) in [5.74, 6) is -0.563. The Balaban J connectivity index is 1.60. The topological polar surface area (TPSA) is 87.8 Å². The Morgan fingerprint density at radius 1 is 1.24 bits per heavy atom. The Morgan fingerprint density at radius 2 is 1.97 bits per heavy atom. The summed E-state index contributed by atoms with van der Waals surface area (Å²) in [5, 5.41) is 14.3. The van der Waals surface area contributed by atoms with E-state index in [1.807, 2.05) is 11.4 Å². The van der Waals surface area contributed by atoms with E-state index >= 15 is 0 Å². The van der Waals surface area contributed by atoms with Crippen molar-refractivity contribution in [1.29, 1.82) is 5.26 Å². The van der Waals surface area contributed by atoms with E-state index in [1.54, 1.807) is 42.5 Å². The Kier molecular flexibility index (Phi) is 6.68. The number of anilines is 1. The van der Waals surface area contributed by atoms with Gasteiger partial charge in [-0.2, -0.15) is 5.26 Å². The molecule has 0 saturated carbocycles. The minimum absolute atomic E-state index is 0.0469. The summed E-state index contributed by atoms with van der Waals surface area (Å²) in [4.78, 5) is 30.9. The van der Waals surface area contributed by atoms with E-state index in [4.69, 9.17) is 5.26 Å². The number of benzene rings is 2. The number of nitrogens with zero attached hydrogens (tertiary/aromatic N) is 3. The van der Waals surface area contributed by atoms with Gasteiger partial charge in [0.25, 0.3) is 5.56 Å². The molecule has 2 aromatic carbocycles. The molecule has 9 heteroatoms. The van der Waals surface area contributed by atoms with Crippen LogP contribution in [-0.2, 0) is 11.3 Å². The largest absolute Gasteiger partial charge is 0.325 e. The molecule has 4 aromatic rings. The molecular weight excluding hydrogens is 459 g/mol. The molecule has 0 unspecified atom stereocenters. The minimum atomic E-state index is -0.349. The molecular formula is C24H17FN4O2S2. The number of hydrogen-bond donors (Lipinski definition) is 1. The van der Waals surface area contributed by atoms with Crippen LogP contribution in [0.5, 0.6) is 0 Å². The predicted molar refractivity (Wildman–Crippen MR) is 130 cm³/mol. The lowest BCUT2D eigenvalue weighted by Gasteiger charge is -2.11. The molecule has 164 valence electrons. The summed E-state index contributed by atoms with van der Waals surface area (Å²) in [6.45, 7) is 3.96. The summed E-state index contributed by atoms with van der Waals surface area (Å²) in [7, 11) is 0. The number of carbonyl (C=O) groups excluding carboxylic acids is 1. The smallest absolute Gasteiger partial charge is 0.263 e. The van der Waals surface area contributed by atoms with Gasteiger partial charge in [-0.05, 0) is 42.0 Å². The number of aromatic nitrogens is 2. The van der Waals surface area contributed by atoms with Crippen molar-refractivity contribution in [3.63, 3.8) is 0 Å². The zero-order valence-corrected chi connectivity index (χ0v) is 18.9. The molecule has 6 nitrogen and oxygen atoms in total. The van der Waals surface area contributed by atoms with E-state index in [2.05, 4.69) is 16.9 Å². The molecule has 0 aliphatic heterocycles. The molecule has 0 atom stereocenters. The molecule has 0 radical (unpaired) electrons. The van der Waals surface area contributed by atoms with Crippen molar-refractivity contribution in [2.24, 2.45) is 0 Å². The van der Waals surface area contributed by atoms with Crippen LogP contribution in [0.15, 0.2) is 76.5 Å². The second kappa shape index (κ2) is 9.81. The lowest BCUT2D eigenvalue weighted by atomic mass is 10.1. The summed E-state index contributed by atoms with van der Waals surface area (Å²) >= 11 is 2.48. The third-order valence-electron chi connectivity index (χ3n) is 4.76. The van der Waals surface area contributed by atoms with Crippen molar-refractivity contribution in [2.75, 3.05) is 11.1 Å². The van der Waals surface area contributed by atoms with Crippen LogP contribution in [0, 0.1) is 17.1 Å². The minimum Gasteiger partial charge on any atom is -0.325 e. The molecule has 33 heavy (non-hydrogen) atoms. The molecule has 1 amide bonds. The van der Waals surface area contributed by atoms with Crippen LogP contribution in [-0.4, -0.2) is 21.2 Å². The van der Waals surface area contributed by atoms with E-state index < -0.39 is 0 Å². The van der Waals surface area contributed by atoms with Gasteiger partial charge in [0.1, 0.15) is 10.6 Å². The summed E-state index contributed by atoms with van der Waals surface area (Å²) in [5.41, 5.74) is 2.27. The van der Waals surface area contributed by atoms with Crippen molar-refractivity contribution in [2.45, 2.75) is 11.7 Å². The van der Waals surface area contributed by atoms with E-state index in [-0.39, 0.29) is 29.6 Å². The van der Waals surface area contributed by atoms with Gasteiger partial charge in [0.15, 0.2) is 5.16 Å². The quantitative estimate of drug-likeness (QED) is 0.229. The van der Waals surface area contributed by atoms with Gasteiger partial charge >= 0.3 is 0 Å². The van der Waals surface area contributed by atoms with Gasteiger partial charge in [0, 0.05) is 23.2 Å². The predicted octanol–water partition coefficient (Wildman–Crippen LogP) is 5.05. The number of fused-ring (bicyclic) bond motifs is 1. The van der Waals surface area contributed by atoms with Crippen LogP contribution < -0.4 is 10.9 Å². The molecule has 0 aliphatic carbocycles. The zero-order chi connectivity index (χ0) is 23.4. The Labute approximate surface area is 197 Å². The fraction of sp³-hybridized carbons (Fsp3) is 0.0833. The number of halogens is 1. The number of rotatable bonds is 7. The lowest BCUT2D eigenvalue weighted by Crippen LogP contribution is -2.23. The number of thiophene rings is 1. The maximum Gasteiger partial charge on any atom is 0.263 e. The fourth-order valence-electron chi connectivity index (χ4n) is 3.20. The van der Waals surface area contributed by atoms with E-state index in [1.165, 1.54) is 28.0 Å². The van der Waals surface area contributed by atoms with Crippen LogP contribution in [0.3, 0.4) is 0 Å². The molecule has 2 aromatic heterocycles. The summed E-state index contributed by atoms with van der Waals surface area (Å²) in [6, 6.07) is 14.5. The molecule has 0 spiro atoms. The molecule has 0 bridgehead atoms. The van der Waals surface area contributed by atoms with E-state index in [9.17, 15) is 14.0 Å². The standard InChI is InChI=1S/C24H17FN4O2S2/c1-2-11-29-23(31)21-19(16-5-7-17(25)8-6-16)13-32-22(21)28-24(29)33-14-20(30)27-18-9-3-15(12-26)4-10-18/h2-10,13H,1,11,14H2,(H,27,30). The Bertz CT molecular complexity index is 1440. The highest BCUT2D eigenvalue weighted by Gasteiger charge is 2.18. The number of allylic oxidation sites excluding steroid dienone is 1. The molecule has 4 rings (SSSR count). The molecule has 2 heterocycles. The second-order valence-electron chi connectivity index (χ2n) is 6.96. The first-order valence-electron chi connectivity index (χ1n) is 9.82. The van der Waals surface area contributed by atoms with Gasteiger partial charge in [-0.1, -0.05) is 30.0 Å². The zero-order valence-electron chi connectivity index (χ0n) is 17.2. The van der Waals surface area contributed by atoms with Gasteiger partial charge < -0.3 is 5.32 Å². The van der Waals surface area contributed by atoms with Gasteiger partial charge in [-0.3, -0.25) is 14.2 Å². The van der Waals surface area contributed by atoms with Crippen LogP contribution >= 0.6 is 23.1 Å². The number of thioether (sulfide) groups is 1. The van der Waals surface area contributed by atoms with E-state index in [0.717, 1.165) is 17.3 Å². The summed E-state index contributed by atoms with van der Waals surface area (Å²) < 4.78 is 14.8. The van der Waals surface area contributed by atoms with Crippen molar-refractivity contribution >= 4 is 44.9 Å². The first kappa shape index (κ1) is 22.5. The first-order valence-corrected chi connectivity index (χ1v) is 11.7. The number of nitrogens with one attached hydrogen (secondary N) is 1. The SMILES string of the molecule is C=CCn1c(SCC(=O)Nc2ccc(C#N)cc2)nc2scc(-c3ccc(F)cc3)c2c1=O. The molecule has 0 aliphatic rings. The van der Waals surface area contributed by atoms with Crippen molar-refractivity contribution in [3.8, 4) is 17.2 Å². The van der Waals surface area contributed by atoms with Crippen LogP contribution in [0.25, 0.3) is 21.3 Å². The molecule has 0 fully saturated rings. The van der Waals surface area contributed by atoms with Gasteiger partial charge in [-0.15, -0.1) is 17.9 Å². The average molecular weight is 477 g/mol. The molecule has 1 N–H and O–H groups in total. The van der Waals surface area contributed by atoms with Crippen LogP contribution in [0.4, 0.5) is 10.1 Å². The number of amides is 1. The lowest BCUT2D eigenvalue weighted by molar-refractivity contribution is -0.113. The van der Waals surface area contributed by atoms with E-state index in [0.29, 0.717) is 32.2 Å². The Morgan fingerprint density at radius 3 is 2.64 bits per heavy atom. The normalized spacial score (nSPS) is 10.7. The van der Waals surface area contributed by atoms with Gasteiger partial charge in [0.05, 0.1) is 22.8 Å². The van der Waals surface area contributed by atoms with Crippen LogP contribution in [0.1, 0.15) is 5.56 Å². The summed E-state index contributed by atoms with van der Waals surface area (Å²) in [6.07, 6.45) is 1.60.